The van der Waals surface area contributed by atoms with Crippen LogP contribution in [0, 0.1) is 0 Å². The zero-order valence-electron chi connectivity index (χ0n) is 15.4. The van der Waals surface area contributed by atoms with E-state index in [2.05, 4.69) is 32.7 Å². The highest BCUT2D eigenvalue weighted by molar-refractivity contribution is 6.30. The Morgan fingerprint density at radius 1 is 0.929 bits per heavy atom. The maximum absolute atomic E-state index is 12.6. The number of carbonyl (C=O) groups excluding carboxylic acids is 1. The number of rotatable bonds is 5. The molecule has 0 saturated carbocycles. The van der Waals surface area contributed by atoms with Gasteiger partial charge in [0.1, 0.15) is 5.82 Å². The van der Waals surface area contributed by atoms with Crippen LogP contribution >= 0.6 is 11.6 Å². The summed E-state index contributed by atoms with van der Waals surface area (Å²) >= 11 is 5.91. The first-order valence-electron chi connectivity index (χ1n) is 9.32. The number of carbonyl (C=O) groups is 1. The van der Waals surface area contributed by atoms with E-state index in [1.807, 2.05) is 24.3 Å². The minimum atomic E-state index is -0.171. The van der Waals surface area contributed by atoms with Crippen LogP contribution in [0.3, 0.4) is 0 Å². The van der Waals surface area contributed by atoms with Crippen molar-refractivity contribution in [2.45, 2.75) is 12.8 Å². The third-order valence-corrected chi connectivity index (χ3v) is 4.99. The molecule has 4 rings (SSSR count). The van der Waals surface area contributed by atoms with Crippen LogP contribution in [0.2, 0.25) is 5.02 Å². The summed E-state index contributed by atoms with van der Waals surface area (Å²) in [4.78, 5) is 19.2. The van der Waals surface area contributed by atoms with Gasteiger partial charge in [0.15, 0.2) is 0 Å². The molecule has 1 aliphatic heterocycles. The van der Waals surface area contributed by atoms with E-state index in [0.29, 0.717) is 16.4 Å². The van der Waals surface area contributed by atoms with Crippen molar-refractivity contribution in [1.29, 1.82) is 0 Å². The van der Waals surface area contributed by atoms with Crippen molar-refractivity contribution < 1.29 is 4.79 Å². The maximum Gasteiger partial charge on any atom is 0.255 e. The second-order valence-electron chi connectivity index (χ2n) is 6.76. The summed E-state index contributed by atoms with van der Waals surface area (Å²) in [7, 11) is 0. The number of benzene rings is 2. The second kappa shape index (κ2) is 8.31. The van der Waals surface area contributed by atoms with Gasteiger partial charge in [-0.15, -0.1) is 0 Å². The molecule has 6 heteroatoms. The van der Waals surface area contributed by atoms with Crippen LogP contribution < -0.4 is 15.5 Å². The summed E-state index contributed by atoms with van der Waals surface area (Å²) in [6.45, 7) is 2.21. The van der Waals surface area contributed by atoms with Crippen molar-refractivity contribution in [3.05, 3.63) is 77.4 Å². The fourth-order valence-corrected chi connectivity index (χ4v) is 3.38. The Balaban J connectivity index is 1.42. The van der Waals surface area contributed by atoms with Gasteiger partial charge in [0.25, 0.3) is 5.91 Å². The number of nitrogens with zero attached hydrogens (tertiary/aromatic N) is 2. The Kier molecular flexibility index (Phi) is 5.44. The van der Waals surface area contributed by atoms with Gasteiger partial charge in [0, 0.05) is 46.9 Å². The van der Waals surface area contributed by atoms with Gasteiger partial charge in [-0.2, -0.15) is 0 Å². The van der Waals surface area contributed by atoms with Crippen molar-refractivity contribution in [3.8, 4) is 0 Å². The molecule has 0 radical (unpaired) electrons. The van der Waals surface area contributed by atoms with E-state index in [1.165, 1.54) is 18.5 Å². The lowest BCUT2D eigenvalue weighted by atomic mass is 10.2. The van der Waals surface area contributed by atoms with Gasteiger partial charge in [-0.05, 0) is 73.5 Å². The van der Waals surface area contributed by atoms with E-state index in [4.69, 9.17) is 11.6 Å². The van der Waals surface area contributed by atoms with Crippen molar-refractivity contribution in [3.63, 3.8) is 0 Å². The largest absolute Gasteiger partial charge is 0.372 e. The molecule has 1 fully saturated rings. The molecule has 0 aliphatic carbocycles. The highest BCUT2D eigenvalue weighted by atomic mass is 35.5. The quantitative estimate of drug-likeness (QED) is 0.616. The SMILES string of the molecule is O=C(Nc1ccc(N2CCCC2)cc1)c1ccnc(Nc2ccc(Cl)cc2)c1. The molecule has 1 amide bonds. The van der Waals surface area contributed by atoms with E-state index in [1.54, 1.807) is 30.5 Å². The molecular weight excluding hydrogens is 372 g/mol. The summed E-state index contributed by atoms with van der Waals surface area (Å²) in [5, 5.41) is 6.79. The Hall–Kier alpha value is -3.05. The monoisotopic (exact) mass is 392 g/mol. The summed E-state index contributed by atoms with van der Waals surface area (Å²) in [6, 6.07) is 18.7. The van der Waals surface area contributed by atoms with Crippen molar-refractivity contribution >= 4 is 40.4 Å². The Morgan fingerprint density at radius 3 is 2.32 bits per heavy atom. The number of anilines is 4. The predicted molar refractivity (Wildman–Crippen MR) is 115 cm³/mol. The zero-order valence-corrected chi connectivity index (χ0v) is 16.1. The van der Waals surface area contributed by atoms with Gasteiger partial charge < -0.3 is 15.5 Å². The zero-order chi connectivity index (χ0) is 19.3. The van der Waals surface area contributed by atoms with Crippen molar-refractivity contribution in [2.75, 3.05) is 28.6 Å². The van der Waals surface area contributed by atoms with Gasteiger partial charge in [0.05, 0.1) is 0 Å². The fraction of sp³-hybridized carbons (Fsp3) is 0.182. The highest BCUT2D eigenvalue weighted by Gasteiger charge is 2.12. The molecule has 1 saturated heterocycles. The minimum absolute atomic E-state index is 0.171. The third kappa shape index (κ3) is 4.43. The average Bonchev–Trinajstić information content (AvgIpc) is 3.25. The van der Waals surface area contributed by atoms with Crippen LogP contribution in [0.5, 0.6) is 0 Å². The summed E-state index contributed by atoms with van der Waals surface area (Å²) in [6.07, 6.45) is 4.10. The van der Waals surface area contributed by atoms with Crippen LogP contribution in [-0.2, 0) is 0 Å². The Labute approximate surface area is 169 Å². The van der Waals surface area contributed by atoms with Crippen LogP contribution in [-0.4, -0.2) is 24.0 Å². The number of amides is 1. The second-order valence-corrected chi connectivity index (χ2v) is 7.19. The first-order chi connectivity index (χ1) is 13.7. The molecule has 2 N–H and O–H groups in total. The number of hydrogen-bond donors (Lipinski definition) is 2. The number of halogens is 1. The van der Waals surface area contributed by atoms with Gasteiger partial charge >= 0.3 is 0 Å². The molecule has 0 unspecified atom stereocenters. The molecule has 0 atom stereocenters. The smallest absolute Gasteiger partial charge is 0.255 e. The molecule has 2 aromatic carbocycles. The van der Waals surface area contributed by atoms with E-state index < -0.39 is 0 Å². The minimum Gasteiger partial charge on any atom is -0.372 e. The van der Waals surface area contributed by atoms with Crippen LogP contribution in [0.15, 0.2) is 66.9 Å². The van der Waals surface area contributed by atoms with Gasteiger partial charge in [-0.3, -0.25) is 4.79 Å². The number of nitrogens with one attached hydrogen (secondary N) is 2. The van der Waals surface area contributed by atoms with Gasteiger partial charge in [-0.1, -0.05) is 11.6 Å². The molecule has 5 nitrogen and oxygen atoms in total. The standard InChI is InChI=1S/C22H21ClN4O/c23-17-3-5-18(6-4-17)25-21-15-16(11-12-24-21)22(28)26-19-7-9-20(10-8-19)27-13-1-2-14-27/h3-12,15H,1-2,13-14H2,(H,24,25)(H,26,28). The van der Waals surface area contributed by atoms with E-state index in [9.17, 15) is 4.79 Å². The molecular formula is C22H21ClN4O. The van der Waals surface area contributed by atoms with E-state index in [-0.39, 0.29) is 5.91 Å². The lowest BCUT2D eigenvalue weighted by molar-refractivity contribution is 0.102. The molecule has 0 spiro atoms. The molecule has 1 aromatic heterocycles. The molecule has 2 heterocycles. The molecule has 28 heavy (non-hydrogen) atoms. The molecule has 142 valence electrons. The first-order valence-corrected chi connectivity index (χ1v) is 9.70. The summed E-state index contributed by atoms with van der Waals surface area (Å²) in [5.41, 5.74) is 3.37. The van der Waals surface area contributed by atoms with E-state index >= 15 is 0 Å². The van der Waals surface area contributed by atoms with Crippen LogP contribution in [0.4, 0.5) is 22.9 Å². The van der Waals surface area contributed by atoms with Crippen LogP contribution in [0.25, 0.3) is 0 Å². The van der Waals surface area contributed by atoms with Gasteiger partial charge in [-0.25, -0.2) is 4.98 Å². The number of pyridine rings is 1. The fourth-order valence-electron chi connectivity index (χ4n) is 3.26. The number of aromatic nitrogens is 1. The molecule has 1 aliphatic rings. The van der Waals surface area contributed by atoms with Crippen molar-refractivity contribution in [1.82, 2.24) is 4.98 Å². The Morgan fingerprint density at radius 2 is 1.61 bits per heavy atom. The van der Waals surface area contributed by atoms with Gasteiger partial charge in [0.2, 0.25) is 0 Å². The normalized spacial score (nSPS) is 13.4. The summed E-state index contributed by atoms with van der Waals surface area (Å²) < 4.78 is 0. The average molecular weight is 393 g/mol. The lowest BCUT2D eigenvalue weighted by Gasteiger charge is -2.17. The molecule has 3 aromatic rings. The highest BCUT2D eigenvalue weighted by Crippen LogP contribution is 2.23. The third-order valence-electron chi connectivity index (χ3n) is 4.74. The van der Waals surface area contributed by atoms with Crippen molar-refractivity contribution in [2.24, 2.45) is 0 Å². The lowest BCUT2D eigenvalue weighted by Crippen LogP contribution is -2.17. The first kappa shape index (κ1) is 18.3. The van der Waals surface area contributed by atoms with Crippen LogP contribution in [0.1, 0.15) is 23.2 Å². The predicted octanol–water partition coefficient (Wildman–Crippen LogP) is 5.33. The number of hydrogen-bond acceptors (Lipinski definition) is 4. The maximum atomic E-state index is 12.6. The van der Waals surface area contributed by atoms with E-state index in [0.717, 1.165) is 24.5 Å². The molecule has 0 bridgehead atoms. The Bertz CT molecular complexity index is 951. The topological polar surface area (TPSA) is 57.3 Å². The summed E-state index contributed by atoms with van der Waals surface area (Å²) in [5.74, 6) is 0.426.